The summed E-state index contributed by atoms with van der Waals surface area (Å²) < 4.78 is 0.841. The minimum absolute atomic E-state index is 0.338. The molecule has 1 aromatic rings. The van der Waals surface area contributed by atoms with Gasteiger partial charge in [0, 0.05) is 24.6 Å². The average molecular weight is 329 g/mol. The Morgan fingerprint density at radius 2 is 1.95 bits per heavy atom. The second-order valence-corrected chi connectivity index (χ2v) is 6.26. The number of hydrogen-bond acceptors (Lipinski definition) is 4. The summed E-state index contributed by atoms with van der Waals surface area (Å²) in [4.78, 5) is 11.2. The first-order valence-electron chi connectivity index (χ1n) is 6.88. The van der Waals surface area contributed by atoms with E-state index in [9.17, 15) is 0 Å². The molecule has 19 heavy (non-hydrogen) atoms. The molecule has 0 spiro atoms. The van der Waals surface area contributed by atoms with Gasteiger partial charge in [0.1, 0.15) is 16.2 Å². The Labute approximate surface area is 125 Å². The first-order chi connectivity index (χ1) is 8.90. The van der Waals surface area contributed by atoms with Crippen LogP contribution in [0.4, 0.5) is 5.82 Å². The lowest BCUT2D eigenvalue weighted by Gasteiger charge is -2.20. The predicted molar refractivity (Wildman–Crippen MR) is 84.7 cm³/mol. The van der Waals surface area contributed by atoms with Crippen molar-refractivity contribution in [3.63, 3.8) is 0 Å². The van der Waals surface area contributed by atoms with Crippen molar-refractivity contribution >= 4 is 21.7 Å². The Bertz CT molecular complexity index is 393. The van der Waals surface area contributed by atoms with E-state index in [-0.39, 0.29) is 0 Å². The van der Waals surface area contributed by atoms with Crippen molar-refractivity contribution in [3.8, 4) is 0 Å². The highest BCUT2D eigenvalue weighted by atomic mass is 79.9. The van der Waals surface area contributed by atoms with Crippen molar-refractivity contribution in [2.24, 2.45) is 0 Å². The molecule has 0 fully saturated rings. The van der Waals surface area contributed by atoms with E-state index in [0.29, 0.717) is 12.0 Å². The summed E-state index contributed by atoms with van der Waals surface area (Å²) in [6.45, 7) is 10.6. The lowest BCUT2D eigenvalue weighted by atomic mass is 10.2. The Morgan fingerprint density at radius 1 is 1.26 bits per heavy atom. The Hall–Kier alpha value is -0.680. The Balaban J connectivity index is 2.45. The molecule has 1 aromatic heterocycles. The van der Waals surface area contributed by atoms with Gasteiger partial charge in [0.05, 0.1) is 0 Å². The summed E-state index contributed by atoms with van der Waals surface area (Å²) in [5.74, 6) is 2.11. The minimum Gasteiger partial charge on any atom is -0.370 e. The van der Waals surface area contributed by atoms with Crippen molar-refractivity contribution in [3.05, 3.63) is 16.5 Å². The van der Waals surface area contributed by atoms with Crippen molar-refractivity contribution in [2.45, 2.75) is 46.1 Å². The van der Waals surface area contributed by atoms with E-state index in [2.05, 4.69) is 70.9 Å². The van der Waals surface area contributed by atoms with Crippen LogP contribution in [0.5, 0.6) is 0 Å². The van der Waals surface area contributed by atoms with Gasteiger partial charge in [0.15, 0.2) is 0 Å². The molecule has 5 heteroatoms. The number of aromatic nitrogens is 2. The van der Waals surface area contributed by atoms with Gasteiger partial charge in [-0.1, -0.05) is 13.8 Å². The van der Waals surface area contributed by atoms with Crippen LogP contribution in [0.1, 0.15) is 45.9 Å². The Morgan fingerprint density at radius 3 is 2.53 bits per heavy atom. The number of halogens is 1. The van der Waals surface area contributed by atoms with Gasteiger partial charge < -0.3 is 10.2 Å². The molecule has 0 unspecified atom stereocenters. The fourth-order valence-electron chi connectivity index (χ4n) is 1.59. The quantitative estimate of drug-likeness (QED) is 0.614. The molecule has 1 heterocycles. The molecule has 0 saturated heterocycles. The molecule has 0 saturated carbocycles. The van der Waals surface area contributed by atoms with Crippen molar-refractivity contribution in [1.29, 1.82) is 0 Å². The second kappa shape index (κ2) is 7.80. The summed E-state index contributed by atoms with van der Waals surface area (Å²) in [5.41, 5.74) is 0. The summed E-state index contributed by atoms with van der Waals surface area (Å²) in [5, 5.41) is 3.37. The molecule has 0 atom stereocenters. The minimum atomic E-state index is 0.338. The van der Waals surface area contributed by atoms with E-state index < -0.39 is 0 Å². The van der Waals surface area contributed by atoms with Gasteiger partial charge in [-0.05, 0) is 49.8 Å². The highest BCUT2D eigenvalue weighted by Gasteiger charge is 2.07. The molecule has 1 N–H and O–H groups in total. The van der Waals surface area contributed by atoms with Gasteiger partial charge in [-0.25, -0.2) is 9.97 Å². The summed E-state index contributed by atoms with van der Waals surface area (Å²) in [6, 6.07) is 2.53. The summed E-state index contributed by atoms with van der Waals surface area (Å²) >= 11 is 3.43. The first kappa shape index (κ1) is 16.4. The van der Waals surface area contributed by atoms with Crippen LogP contribution in [-0.2, 0) is 0 Å². The number of anilines is 1. The van der Waals surface area contributed by atoms with E-state index in [1.165, 1.54) is 0 Å². The maximum Gasteiger partial charge on any atom is 0.134 e. The molecular weight excluding hydrogens is 304 g/mol. The first-order valence-corrected chi connectivity index (χ1v) is 7.68. The third kappa shape index (κ3) is 5.87. The van der Waals surface area contributed by atoms with E-state index in [1.807, 2.05) is 6.07 Å². The molecule has 0 aliphatic rings. The number of hydrogen-bond donors (Lipinski definition) is 1. The molecule has 0 amide bonds. The zero-order valence-electron chi connectivity index (χ0n) is 12.6. The molecule has 108 valence electrons. The van der Waals surface area contributed by atoms with Gasteiger partial charge >= 0.3 is 0 Å². The predicted octanol–water partition coefficient (Wildman–Crippen LogP) is 3.50. The lowest BCUT2D eigenvalue weighted by molar-refractivity contribution is 0.273. The highest BCUT2D eigenvalue weighted by molar-refractivity contribution is 9.10. The van der Waals surface area contributed by atoms with Gasteiger partial charge in [0.25, 0.3) is 0 Å². The molecule has 0 aromatic carbocycles. The SMILES string of the molecule is CC(C)c1nc(Br)cc(NCCCN(C)C(C)C)n1. The third-order valence-corrected chi connectivity index (χ3v) is 3.51. The van der Waals surface area contributed by atoms with Crippen LogP contribution in [0.15, 0.2) is 10.7 Å². The molecular formula is C14H25BrN4. The van der Waals surface area contributed by atoms with Crippen LogP contribution < -0.4 is 5.32 Å². The molecule has 0 bridgehead atoms. The largest absolute Gasteiger partial charge is 0.370 e. The lowest BCUT2D eigenvalue weighted by Crippen LogP contribution is -2.28. The topological polar surface area (TPSA) is 41.1 Å². The third-order valence-electron chi connectivity index (χ3n) is 3.10. The Kier molecular flexibility index (Phi) is 6.72. The van der Waals surface area contributed by atoms with E-state index in [4.69, 9.17) is 0 Å². The normalized spacial score (nSPS) is 11.6. The van der Waals surface area contributed by atoms with Gasteiger partial charge in [-0.2, -0.15) is 0 Å². The summed E-state index contributed by atoms with van der Waals surface area (Å²) in [7, 11) is 2.16. The fraction of sp³-hybridized carbons (Fsp3) is 0.714. The zero-order valence-corrected chi connectivity index (χ0v) is 14.2. The van der Waals surface area contributed by atoms with Crippen LogP contribution in [0.25, 0.3) is 0 Å². The van der Waals surface area contributed by atoms with E-state index >= 15 is 0 Å². The monoisotopic (exact) mass is 328 g/mol. The van der Waals surface area contributed by atoms with Crippen molar-refractivity contribution in [2.75, 3.05) is 25.5 Å². The number of nitrogens with zero attached hydrogens (tertiary/aromatic N) is 3. The standard InChI is InChI=1S/C14H25BrN4/c1-10(2)14-17-12(15)9-13(18-14)16-7-6-8-19(5)11(3)4/h9-11H,6-8H2,1-5H3,(H,16,17,18). The summed E-state index contributed by atoms with van der Waals surface area (Å²) in [6.07, 6.45) is 1.10. The number of nitrogens with one attached hydrogen (secondary N) is 1. The van der Waals surface area contributed by atoms with E-state index in [1.54, 1.807) is 0 Å². The molecule has 0 radical (unpaired) electrons. The van der Waals surface area contributed by atoms with Crippen LogP contribution >= 0.6 is 15.9 Å². The highest BCUT2D eigenvalue weighted by Crippen LogP contribution is 2.17. The second-order valence-electron chi connectivity index (χ2n) is 5.44. The van der Waals surface area contributed by atoms with Crippen LogP contribution in [0, 0.1) is 0 Å². The molecule has 0 aliphatic heterocycles. The molecule has 4 nitrogen and oxygen atoms in total. The van der Waals surface area contributed by atoms with Gasteiger partial charge in [0.2, 0.25) is 0 Å². The van der Waals surface area contributed by atoms with Crippen LogP contribution in [0.2, 0.25) is 0 Å². The van der Waals surface area contributed by atoms with E-state index in [0.717, 1.165) is 35.8 Å². The fourth-order valence-corrected chi connectivity index (χ4v) is 1.99. The van der Waals surface area contributed by atoms with Gasteiger partial charge in [-0.15, -0.1) is 0 Å². The smallest absolute Gasteiger partial charge is 0.134 e. The van der Waals surface area contributed by atoms with Gasteiger partial charge in [-0.3, -0.25) is 0 Å². The average Bonchev–Trinajstić information content (AvgIpc) is 2.33. The van der Waals surface area contributed by atoms with Crippen molar-refractivity contribution < 1.29 is 0 Å². The van der Waals surface area contributed by atoms with Crippen LogP contribution in [-0.4, -0.2) is 41.0 Å². The maximum atomic E-state index is 4.52. The van der Waals surface area contributed by atoms with Crippen LogP contribution in [0.3, 0.4) is 0 Å². The maximum absolute atomic E-state index is 4.52. The van der Waals surface area contributed by atoms with Crippen molar-refractivity contribution in [1.82, 2.24) is 14.9 Å². The molecule has 0 aliphatic carbocycles. The number of rotatable bonds is 7. The molecule has 1 rings (SSSR count). The zero-order chi connectivity index (χ0) is 14.4.